The molecular formula is C16H14FN3O2. The molecule has 1 aliphatic heterocycles. The number of alkyl halides is 1. The van der Waals surface area contributed by atoms with Crippen LogP contribution in [0.25, 0.3) is 0 Å². The minimum atomic E-state index is -1.10. The molecule has 22 heavy (non-hydrogen) atoms. The van der Waals surface area contributed by atoms with Crippen molar-refractivity contribution in [1.82, 2.24) is 14.9 Å². The van der Waals surface area contributed by atoms with E-state index in [-0.39, 0.29) is 18.7 Å². The first kappa shape index (κ1) is 13.3. The van der Waals surface area contributed by atoms with Gasteiger partial charge in [0.15, 0.2) is 12.1 Å². The number of amides is 1. The number of carbonyl (C=O) groups excluding carboxylic acids is 1. The van der Waals surface area contributed by atoms with E-state index in [4.69, 9.17) is 0 Å². The number of benzene rings is 1. The Labute approximate surface area is 126 Å². The van der Waals surface area contributed by atoms with Gasteiger partial charge in [0, 0.05) is 36.4 Å². The van der Waals surface area contributed by atoms with Gasteiger partial charge >= 0.3 is 0 Å². The SMILES string of the molecule is O=C1c2ccccc2C(O)N1C1(c2ncccn2)CC(F)C1. The molecule has 1 saturated carbocycles. The fourth-order valence-electron chi connectivity index (χ4n) is 3.42. The molecule has 2 aromatic rings. The number of hydrogen-bond donors (Lipinski definition) is 1. The zero-order valence-corrected chi connectivity index (χ0v) is 11.7. The summed E-state index contributed by atoms with van der Waals surface area (Å²) in [7, 11) is 0. The van der Waals surface area contributed by atoms with Gasteiger partial charge in [0.2, 0.25) is 0 Å². The van der Waals surface area contributed by atoms with Crippen molar-refractivity contribution in [3.63, 3.8) is 0 Å². The van der Waals surface area contributed by atoms with Crippen molar-refractivity contribution in [2.24, 2.45) is 0 Å². The molecule has 1 amide bonds. The Bertz CT molecular complexity index is 731. The third-order valence-corrected chi connectivity index (χ3v) is 4.49. The highest BCUT2D eigenvalue weighted by Crippen LogP contribution is 2.52. The molecule has 1 N–H and O–H groups in total. The number of rotatable bonds is 2. The molecule has 1 unspecified atom stereocenters. The predicted molar refractivity (Wildman–Crippen MR) is 75.4 cm³/mol. The molecule has 2 aliphatic rings. The minimum Gasteiger partial charge on any atom is -0.369 e. The average Bonchev–Trinajstić information content (AvgIpc) is 2.77. The summed E-state index contributed by atoms with van der Waals surface area (Å²) >= 11 is 0. The van der Waals surface area contributed by atoms with E-state index < -0.39 is 17.9 Å². The maximum Gasteiger partial charge on any atom is 0.257 e. The molecule has 5 nitrogen and oxygen atoms in total. The van der Waals surface area contributed by atoms with Gasteiger partial charge in [0.25, 0.3) is 5.91 Å². The molecule has 1 fully saturated rings. The van der Waals surface area contributed by atoms with Crippen molar-refractivity contribution in [3.8, 4) is 0 Å². The van der Waals surface area contributed by atoms with E-state index in [9.17, 15) is 14.3 Å². The maximum atomic E-state index is 13.7. The molecule has 0 spiro atoms. The highest BCUT2D eigenvalue weighted by atomic mass is 19.1. The third kappa shape index (κ3) is 1.64. The standard InChI is InChI=1S/C16H14FN3O2/c17-10-8-16(9-10,15-18-6-3-7-19-15)20-13(21)11-4-1-2-5-12(11)14(20)22/h1-7,10,13,21H,8-9H2. The zero-order valence-electron chi connectivity index (χ0n) is 11.7. The molecule has 4 rings (SSSR count). The Hall–Kier alpha value is -2.34. The second kappa shape index (κ2) is 4.58. The van der Waals surface area contributed by atoms with Crippen molar-refractivity contribution in [2.75, 3.05) is 0 Å². The quantitative estimate of drug-likeness (QED) is 0.920. The summed E-state index contributed by atoms with van der Waals surface area (Å²) in [6, 6.07) is 8.56. The van der Waals surface area contributed by atoms with Gasteiger partial charge in [0.05, 0.1) is 0 Å². The lowest BCUT2D eigenvalue weighted by Crippen LogP contribution is -2.58. The number of hydrogen-bond acceptors (Lipinski definition) is 4. The van der Waals surface area contributed by atoms with E-state index in [0.29, 0.717) is 17.0 Å². The van der Waals surface area contributed by atoms with E-state index in [1.807, 2.05) is 0 Å². The summed E-state index contributed by atoms with van der Waals surface area (Å²) in [5.74, 6) is 0.0755. The Morgan fingerprint density at radius 2 is 1.86 bits per heavy atom. The van der Waals surface area contributed by atoms with Crippen LogP contribution in [0.3, 0.4) is 0 Å². The van der Waals surface area contributed by atoms with Crippen molar-refractivity contribution < 1.29 is 14.3 Å². The van der Waals surface area contributed by atoms with Crippen molar-refractivity contribution in [3.05, 3.63) is 59.7 Å². The number of nitrogens with zero attached hydrogens (tertiary/aromatic N) is 3. The Balaban J connectivity index is 1.82. The van der Waals surface area contributed by atoms with E-state index in [0.717, 1.165) is 0 Å². The van der Waals surface area contributed by atoms with Crippen molar-refractivity contribution in [2.45, 2.75) is 30.8 Å². The molecule has 0 bridgehead atoms. The number of halogens is 1. The smallest absolute Gasteiger partial charge is 0.257 e. The molecule has 1 aromatic heterocycles. The molecular weight excluding hydrogens is 285 g/mol. The molecule has 6 heteroatoms. The van der Waals surface area contributed by atoms with Crippen LogP contribution in [0.5, 0.6) is 0 Å². The molecule has 0 saturated heterocycles. The van der Waals surface area contributed by atoms with Crippen LogP contribution in [0.1, 0.15) is 40.8 Å². The number of aliphatic hydroxyl groups excluding tert-OH is 1. The van der Waals surface area contributed by atoms with Crippen LogP contribution in [-0.2, 0) is 5.54 Å². The number of aliphatic hydroxyl groups is 1. The fraction of sp³-hybridized carbons (Fsp3) is 0.312. The van der Waals surface area contributed by atoms with E-state index in [2.05, 4.69) is 9.97 Å². The summed E-state index contributed by atoms with van der Waals surface area (Å²) in [5.41, 5.74) is 0.0219. The summed E-state index contributed by atoms with van der Waals surface area (Å²) < 4.78 is 13.7. The number of aromatic nitrogens is 2. The van der Waals surface area contributed by atoms with Crippen LogP contribution in [-0.4, -0.2) is 32.1 Å². The monoisotopic (exact) mass is 299 g/mol. The molecule has 2 heterocycles. The van der Waals surface area contributed by atoms with Crippen LogP contribution >= 0.6 is 0 Å². The third-order valence-electron chi connectivity index (χ3n) is 4.49. The van der Waals surface area contributed by atoms with Crippen LogP contribution in [0, 0.1) is 0 Å². The molecule has 112 valence electrons. The fourth-order valence-corrected chi connectivity index (χ4v) is 3.42. The van der Waals surface area contributed by atoms with E-state index in [1.165, 1.54) is 4.90 Å². The lowest BCUT2D eigenvalue weighted by Gasteiger charge is -2.49. The Morgan fingerprint density at radius 1 is 1.18 bits per heavy atom. The van der Waals surface area contributed by atoms with Gasteiger partial charge in [-0.05, 0) is 12.1 Å². The lowest BCUT2D eigenvalue weighted by molar-refractivity contribution is -0.104. The predicted octanol–water partition coefficient (Wildman–Crippen LogP) is 1.95. The van der Waals surface area contributed by atoms with Crippen LogP contribution in [0.15, 0.2) is 42.7 Å². The van der Waals surface area contributed by atoms with E-state index >= 15 is 0 Å². The lowest BCUT2D eigenvalue weighted by atomic mass is 9.72. The Morgan fingerprint density at radius 3 is 2.50 bits per heavy atom. The van der Waals surface area contributed by atoms with Crippen LogP contribution < -0.4 is 0 Å². The van der Waals surface area contributed by atoms with Gasteiger partial charge in [-0.15, -0.1) is 0 Å². The van der Waals surface area contributed by atoms with Crippen LogP contribution in [0.2, 0.25) is 0 Å². The minimum absolute atomic E-state index is 0.105. The molecule has 1 aromatic carbocycles. The summed E-state index contributed by atoms with van der Waals surface area (Å²) in [4.78, 5) is 22.5. The van der Waals surface area contributed by atoms with Gasteiger partial charge in [-0.2, -0.15) is 0 Å². The molecule has 1 atom stereocenters. The van der Waals surface area contributed by atoms with Gasteiger partial charge in [-0.25, -0.2) is 14.4 Å². The van der Waals surface area contributed by atoms with Crippen LogP contribution in [0.4, 0.5) is 4.39 Å². The highest BCUT2D eigenvalue weighted by molar-refractivity contribution is 5.99. The zero-order chi connectivity index (χ0) is 15.3. The van der Waals surface area contributed by atoms with Gasteiger partial charge in [-0.1, -0.05) is 18.2 Å². The largest absolute Gasteiger partial charge is 0.369 e. The second-order valence-electron chi connectivity index (χ2n) is 5.75. The average molecular weight is 299 g/mol. The second-order valence-corrected chi connectivity index (χ2v) is 5.75. The summed E-state index contributed by atoms with van der Waals surface area (Å²) in [6.07, 6.45) is 1.22. The summed E-state index contributed by atoms with van der Waals surface area (Å²) in [5, 5.41) is 10.6. The normalized spacial score (nSPS) is 30.1. The number of fused-ring (bicyclic) bond motifs is 1. The van der Waals surface area contributed by atoms with Gasteiger partial charge < -0.3 is 5.11 Å². The van der Waals surface area contributed by atoms with Gasteiger partial charge in [-0.3, -0.25) is 9.69 Å². The number of carbonyl (C=O) groups is 1. The van der Waals surface area contributed by atoms with Gasteiger partial charge in [0.1, 0.15) is 11.7 Å². The first-order valence-corrected chi connectivity index (χ1v) is 7.16. The molecule has 0 radical (unpaired) electrons. The first-order chi connectivity index (χ1) is 10.6. The Kier molecular flexibility index (Phi) is 2.77. The first-order valence-electron chi connectivity index (χ1n) is 7.16. The topological polar surface area (TPSA) is 66.3 Å². The van der Waals surface area contributed by atoms with E-state index in [1.54, 1.807) is 42.7 Å². The maximum absolute atomic E-state index is 13.7. The highest BCUT2D eigenvalue weighted by Gasteiger charge is 2.58. The molecule has 1 aliphatic carbocycles. The van der Waals surface area contributed by atoms with Crippen molar-refractivity contribution in [1.29, 1.82) is 0 Å². The summed E-state index contributed by atoms with van der Waals surface area (Å²) in [6.45, 7) is 0. The van der Waals surface area contributed by atoms with Crippen molar-refractivity contribution >= 4 is 5.91 Å².